The lowest BCUT2D eigenvalue weighted by molar-refractivity contribution is -0.146. The molecule has 3 rings (SSSR count). The summed E-state index contributed by atoms with van der Waals surface area (Å²) >= 11 is 0. The zero-order chi connectivity index (χ0) is 16.2. The van der Waals surface area contributed by atoms with Crippen molar-refractivity contribution >= 4 is 11.7 Å². The van der Waals surface area contributed by atoms with Gasteiger partial charge in [0.25, 0.3) is 0 Å². The second-order valence-electron chi connectivity index (χ2n) is 5.33. The predicted octanol–water partition coefficient (Wildman–Crippen LogP) is 3.74. The molecule has 1 aliphatic rings. The molecule has 23 heavy (non-hydrogen) atoms. The first-order valence-corrected chi connectivity index (χ1v) is 7.45. The number of carbonyl (C=O) groups is 1. The van der Waals surface area contributed by atoms with Gasteiger partial charge in [0.1, 0.15) is 17.6 Å². The van der Waals surface area contributed by atoms with Gasteiger partial charge in [0.05, 0.1) is 13.2 Å². The molecular weight excluding hydrogens is 292 g/mol. The average molecular weight is 310 g/mol. The summed E-state index contributed by atoms with van der Waals surface area (Å²) in [4.78, 5) is 12.1. The normalized spacial score (nSPS) is 20.8. The number of carbonyl (C=O) groups excluding carboxylic acids is 1. The van der Waals surface area contributed by atoms with E-state index >= 15 is 0 Å². The van der Waals surface area contributed by atoms with Crippen molar-refractivity contribution in [2.24, 2.45) is 0 Å². The molecule has 0 N–H and O–H groups in total. The molecule has 2 atom stereocenters. The van der Waals surface area contributed by atoms with Crippen LogP contribution >= 0.6 is 0 Å². The fourth-order valence-corrected chi connectivity index (χ4v) is 2.55. The standard InChI is InChI=1S/C19H18O4/c1-13-19(15-6-4-3-5-7-15)23-18(20)12-17(22-13)14-8-10-16(21-2)11-9-14/h3-13,19H,1-2H3/t13-,19-/m0/s1. The lowest BCUT2D eigenvalue weighted by atomic mass is 10.1. The van der Waals surface area contributed by atoms with Gasteiger partial charge in [0.15, 0.2) is 6.10 Å². The van der Waals surface area contributed by atoms with Gasteiger partial charge in [0, 0.05) is 5.56 Å². The van der Waals surface area contributed by atoms with Gasteiger partial charge in [-0.05, 0) is 36.8 Å². The molecule has 0 fully saturated rings. The van der Waals surface area contributed by atoms with E-state index in [1.807, 2.05) is 61.5 Å². The molecule has 118 valence electrons. The van der Waals surface area contributed by atoms with Gasteiger partial charge in [-0.3, -0.25) is 0 Å². The van der Waals surface area contributed by atoms with Crippen molar-refractivity contribution in [1.29, 1.82) is 0 Å². The fourth-order valence-electron chi connectivity index (χ4n) is 2.55. The Kier molecular flexibility index (Phi) is 4.33. The van der Waals surface area contributed by atoms with Crippen molar-refractivity contribution in [2.45, 2.75) is 19.1 Å². The molecule has 1 heterocycles. The molecule has 0 spiro atoms. The molecule has 0 amide bonds. The van der Waals surface area contributed by atoms with Crippen LogP contribution in [0.2, 0.25) is 0 Å². The first-order valence-electron chi connectivity index (χ1n) is 7.45. The third-order valence-corrected chi connectivity index (χ3v) is 3.73. The van der Waals surface area contributed by atoms with Crippen molar-refractivity contribution < 1.29 is 19.0 Å². The minimum atomic E-state index is -0.435. The number of benzene rings is 2. The van der Waals surface area contributed by atoms with E-state index in [-0.39, 0.29) is 6.10 Å². The number of ether oxygens (including phenoxy) is 3. The quantitative estimate of drug-likeness (QED) is 0.810. The number of methoxy groups -OCH3 is 1. The number of hydrogen-bond donors (Lipinski definition) is 0. The maximum absolute atomic E-state index is 12.1. The van der Waals surface area contributed by atoms with E-state index < -0.39 is 12.1 Å². The van der Waals surface area contributed by atoms with E-state index in [0.717, 1.165) is 16.9 Å². The molecule has 0 aliphatic carbocycles. The molecule has 2 aromatic rings. The SMILES string of the molecule is COc1ccc(C2=CC(=O)O[C@H](c3ccccc3)[C@H](C)O2)cc1. The maximum atomic E-state index is 12.1. The zero-order valence-corrected chi connectivity index (χ0v) is 13.1. The molecule has 0 bridgehead atoms. The second-order valence-corrected chi connectivity index (χ2v) is 5.33. The van der Waals surface area contributed by atoms with Crippen molar-refractivity contribution in [3.8, 4) is 5.75 Å². The van der Waals surface area contributed by atoms with Gasteiger partial charge in [-0.2, -0.15) is 0 Å². The van der Waals surface area contributed by atoms with E-state index in [9.17, 15) is 4.79 Å². The number of rotatable bonds is 3. The van der Waals surface area contributed by atoms with Gasteiger partial charge in [0.2, 0.25) is 0 Å². The Bertz CT molecular complexity index is 704. The van der Waals surface area contributed by atoms with E-state index in [4.69, 9.17) is 14.2 Å². The molecule has 2 aromatic carbocycles. The largest absolute Gasteiger partial charge is 0.497 e. The number of hydrogen-bond acceptors (Lipinski definition) is 4. The van der Waals surface area contributed by atoms with Crippen molar-refractivity contribution in [3.63, 3.8) is 0 Å². The highest BCUT2D eigenvalue weighted by Gasteiger charge is 2.29. The Morgan fingerprint density at radius 2 is 1.65 bits per heavy atom. The highest BCUT2D eigenvalue weighted by atomic mass is 16.6. The van der Waals surface area contributed by atoms with E-state index in [0.29, 0.717) is 5.76 Å². The van der Waals surface area contributed by atoms with Gasteiger partial charge in [-0.15, -0.1) is 0 Å². The Hall–Kier alpha value is -2.75. The summed E-state index contributed by atoms with van der Waals surface area (Å²) in [5.41, 5.74) is 1.72. The van der Waals surface area contributed by atoms with Crippen LogP contribution in [0.15, 0.2) is 60.7 Å². The Morgan fingerprint density at radius 3 is 2.30 bits per heavy atom. The monoisotopic (exact) mass is 310 g/mol. The highest BCUT2D eigenvalue weighted by molar-refractivity contribution is 5.90. The lowest BCUT2D eigenvalue weighted by Crippen LogP contribution is -2.20. The van der Waals surface area contributed by atoms with Crippen LogP contribution in [0, 0.1) is 0 Å². The summed E-state index contributed by atoms with van der Waals surface area (Å²) < 4.78 is 16.7. The summed E-state index contributed by atoms with van der Waals surface area (Å²) in [5, 5.41) is 0. The van der Waals surface area contributed by atoms with Crippen LogP contribution in [0.3, 0.4) is 0 Å². The number of esters is 1. The first-order chi connectivity index (χ1) is 11.2. The summed E-state index contributed by atoms with van der Waals surface area (Å²) in [6.45, 7) is 1.90. The van der Waals surface area contributed by atoms with Crippen LogP contribution in [0.1, 0.15) is 24.2 Å². The molecule has 0 aromatic heterocycles. The molecule has 0 radical (unpaired) electrons. The topological polar surface area (TPSA) is 44.8 Å². The minimum absolute atomic E-state index is 0.294. The molecule has 1 aliphatic heterocycles. The minimum Gasteiger partial charge on any atom is -0.497 e. The Morgan fingerprint density at radius 1 is 0.957 bits per heavy atom. The Labute approximate surface area is 135 Å². The van der Waals surface area contributed by atoms with Crippen LogP contribution in [0.25, 0.3) is 5.76 Å². The third kappa shape index (κ3) is 3.37. The molecule has 0 saturated carbocycles. The average Bonchev–Trinajstić information content (AvgIpc) is 2.74. The van der Waals surface area contributed by atoms with E-state index in [1.54, 1.807) is 7.11 Å². The molecule has 4 heteroatoms. The van der Waals surface area contributed by atoms with Crippen molar-refractivity contribution in [2.75, 3.05) is 7.11 Å². The summed E-state index contributed by atoms with van der Waals surface area (Å²) in [7, 11) is 1.61. The van der Waals surface area contributed by atoms with Gasteiger partial charge in [-0.1, -0.05) is 30.3 Å². The van der Waals surface area contributed by atoms with Crippen LogP contribution in [-0.2, 0) is 14.3 Å². The lowest BCUT2D eigenvalue weighted by Gasteiger charge is -2.23. The van der Waals surface area contributed by atoms with Gasteiger partial charge >= 0.3 is 5.97 Å². The molecule has 0 unspecified atom stereocenters. The fraction of sp³-hybridized carbons (Fsp3) is 0.211. The van der Waals surface area contributed by atoms with Crippen LogP contribution in [0.5, 0.6) is 5.75 Å². The van der Waals surface area contributed by atoms with Crippen LogP contribution in [-0.4, -0.2) is 19.2 Å². The van der Waals surface area contributed by atoms with Gasteiger partial charge < -0.3 is 14.2 Å². The summed E-state index contributed by atoms with van der Waals surface area (Å²) in [6, 6.07) is 17.0. The van der Waals surface area contributed by atoms with E-state index in [1.165, 1.54) is 6.08 Å². The smallest absolute Gasteiger partial charge is 0.335 e. The van der Waals surface area contributed by atoms with Gasteiger partial charge in [-0.25, -0.2) is 4.79 Å². The molecule has 0 saturated heterocycles. The predicted molar refractivity (Wildman–Crippen MR) is 86.8 cm³/mol. The van der Waals surface area contributed by atoms with Crippen LogP contribution < -0.4 is 4.74 Å². The second kappa shape index (κ2) is 6.57. The molecule has 4 nitrogen and oxygen atoms in total. The van der Waals surface area contributed by atoms with Crippen molar-refractivity contribution in [1.82, 2.24) is 0 Å². The molecular formula is C19H18O4. The Balaban J connectivity index is 1.86. The zero-order valence-electron chi connectivity index (χ0n) is 13.1. The van der Waals surface area contributed by atoms with Crippen molar-refractivity contribution in [3.05, 3.63) is 71.8 Å². The highest BCUT2D eigenvalue weighted by Crippen LogP contribution is 2.31. The van der Waals surface area contributed by atoms with Crippen LogP contribution in [0.4, 0.5) is 0 Å². The van der Waals surface area contributed by atoms with E-state index in [2.05, 4.69) is 0 Å². The first kappa shape index (κ1) is 15.2. The summed E-state index contributed by atoms with van der Waals surface area (Å²) in [5.74, 6) is 0.846. The maximum Gasteiger partial charge on any atom is 0.335 e. The number of cyclic esters (lactones) is 1. The summed E-state index contributed by atoms with van der Waals surface area (Å²) in [6.07, 6.45) is 0.661. The third-order valence-electron chi connectivity index (χ3n) is 3.73.